The maximum Gasteiger partial charge on any atom is 0.337 e. The van der Waals surface area contributed by atoms with Crippen LogP contribution < -0.4 is 9.64 Å². The van der Waals surface area contributed by atoms with E-state index in [0.717, 1.165) is 16.2 Å². The second-order valence-corrected chi connectivity index (χ2v) is 6.51. The molecule has 3 rings (SSSR count). The number of nitrogens with zero attached hydrogens (tertiary/aromatic N) is 1. The third-order valence-electron chi connectivity index (χ3n) is 3.89. The Morgan fingerprint density at radius 1 is 1.12 bits per heavy atom. The normalized spacial score (nSPS) is 15.1. The van der Waals surface area contributed by atoms with Crippen LogP contribution in [0, 0.1) is 0 Å². The number of carbonyl (C=O) groups excluding carboxylic acids is 2. The van der Waals surface area contributed by atoms with E-state index in [1.807, 2.05) is 36.4 Å². The highest BCUT2D eigenvalue weighted by atomic mass is 32.2. The van der Waals surface area contributed by atoms with Crippen molar-refractivity contribution in [2.24, 2.45) is 0 Å². The van der Waals surface area contributed by atoms with Crippen molar-refractivity contribution in [3.63, 3.8) is 0 Å². The largest absolute Gasteiger partial charge is 0.497 e. The van der Waals surface area contributed by atoms with Crippen LogP contribution in [0.5, 0.6) is 5.75 Å². The molecular formula is C19H17NO4S. The van der Waals surface area contributed by atoms with E-state index in [-0.39, 0.29) is 5.91 Å². The van der Waals surface area contributed by atoms with E-state index in [1.54, 1.807) is 31.2 Å². The summed E-state index contributed by atoms with van der Waals surface area (Å²) >= 11 is 1.39. The molecule has 0 fully saturated rings. The van der Waals surface area contributed by atoms with Gasteiger partial charge in [-0.2, -0.15) is 0 Å². The molecule has 0 atom stereocenters. The summed E-state index contributed by atoms with van der Waals surface area (Å²) in [6, 6.07) is 12.7. The van der Waals surface area contributed by atoms with Crippen molar-refractivity contribution in [1.29, 1.82) is 0 Å². The van der Waals surface area contributed by atoms with Crippen LogP contribution in [0.25, 0.3) is 6.08 Å². The highest BCUT2D eigenvalue weighted by molar-refractivity contribution is 8.04. The van der Waals surface area contributed by atoms with Crippen LogP contribution in [-0.2, 0) is 9.53 Å². The van der Waals surface area contributed by atoms with Gasteiger partial charge in [0.25, 0.3) is 5.91 Å². The van der Waals surface area contributed by atoms with E-state index in [4.69, 9.17) is 9.47 Å². The quantitative estimate of drug-likeness (QED) is 0.622. The van der Waals surface area contributed by atoms with Gasteiger partial charge in [-0.15, -0.1) is 0 Å². The smallest absolute Gasteiger partial charge is 0.337 e. The number of anilines is 1. The Morgan fingerprint density at radius 3 is 2.48 bits per heavy atom. The zero-order valence-corrected chi connectivity index (χ0v) is 14.9. The molecule has 0 unspecified atom stereocenters. The summed E-state index contributed by atoms with van der Waals surface area (Å²) in [6.45, 7) is 0. The Kier molecular flexibility index (Phi) is 4.81. The molecule has 1 aliphatic rings. The molecule has 1 heterocycles. The lowest BCUT2D eigenvalue weighted by Crippen LogP contribution is -2.30. The molecule has 25 heavy (non-hydrogen) atoms. The maximum atomic E-state index is 12.7. The Morgan fingerprint density at radius 2 is 1.84 bits per heavy atom. The van der Waals surface area contributed by atoms with E-state index < -0.39 is 5.97 Å². The Hall–Kier alpha value is -2.73. The molecule has 0 aromatic heterocycles. The van der Waals surface area contributed by atoms with Gasteiger partial charge in [0, 0.05) is 11.9 Å². The molecule has 6 heteroatoms. The predicted octanol–water partition coefficient (Wildman–Crippen LogP) is 3.59. The molecule has 0 saturated heterocycles. The van der Waals surface area contributed by atoms with Crippen LogP contribution >= 0.6 is 11.8 Å². The number of thioether (sulfide) groups is 1. The SMILES string of the molecule is COC(=O)c1ccc2c(c1)N(C)C(=O)C(=Cc1ccc(OC)cc1)S2. The molecule has 2 aromatic carbocycles. The van der Waals surface area contributed by atoms with Gasteiger partial charge in [0.05, 0.1) is 30.4 Å². The number of methoxy groups -OCH3 is 2. The van der Waals surface area contributed by atoms with Gasteiger partial charge in [-0.3, -0.25) is 4.79 Å². The van der Waals surface area contributed by atoms with Gasteiger partial charge in [-0.1, -0.05) is 23.9 Å². The molecule has 0 bridgehead atoms. The van der Waals surface area contributed by atoms with Gasteiger partial charge in [-0.05, 0) is 42.0 Å². The Bertz CT molecular complexity index is 858. The lowest BCUT2D eigenvalue weighted by Gasteiger charge is -2.27. The average molecular weight is 355 g/mol. The number of amides is 1. The van der Waals surface area contributed by atoms with Gasteiger partial charge in [0.1, 0.15) is 5.75 Å². The van der Waals surface area contributed by atoms with Crippen LogP contribution in [0.3, 0.4) is 0 Å². The van der Waals surface area contributed by atoms with Crippen molar-refractivity contribution in [2.75, 3.05) is 26.2 Å². The number of carbonyl (C=O) groups is 2. The minimum atomic E-state index is -0.423. The molecule has 1 amide bonds. The van der Waals surface area contributed by atoms with Crippen molar-refractivity contribution in [2.45, 2.75) is 4.90 Å². The molecule has 0 spiro atoms. The van der Waals surface area contributed by atoms with Crippen LogP contribution in [0.15, 0.2) is 52.3 Å². The molecule has 0 aliphatic carbocycles. The van der Waals surface area contributed by atoms with E-state index in [1.165, 1.54) is 18.9 Å². The van der Waals surface area contributed by atoms with E-state index in [9.17, 15) is 9.59 Å². The molecule has 1 aliphatic heterocycles. The monoisotopic (exact) mass is 355 g/mol. The van der Waals surface area contributed by atoms with Crippen molar-refractivity contribution >= 4 is 35.4 Å². The number of ether oxygens (including phenoxy) is 2. The highest BCUT2D eigenvalue weighted by Crippen LogP contribution is 2.42. The minimum absolute atomic E-state index is 0.115. The summed E-state index contributed by atoms with van der Waals surface area (Å²) in [4.78, 5) is 27.4. The van der Waals surface area contributed by atoms with E-state index in [0.29, 0.717) is 16.2 Å². The summed E-state index contributed by atoms with van der Waals surface area (Å²) in [5, 5.41) is 0. The van der Waals surface area contributed by atoms with Crippen molar-refractivity contribution in [3.8, 4) is 5.75 Å². The average Bonchev–Trinajstić information content (AvgIpc) is 2.65. The topological polar surface area (TPSA) is 55.8 Å². The minimum Gasteiger partial charge on any atom is -0.497 e. The summed E-state index contributed by atoms with van der Waals surface area (Å²) in [5.41, 5.74) is 2.04. The number of fused-ring (bicyclic) bond motifs is 1. The van der Waals surface area contributed by atoms with Crippen molar-refractivity contribution in [3.05, 3.63) is 58.5 Å². The number of esters is 1. The molecule has 128 valence electrons. The number of hydrogen-bond donors (Lipinski definition) is 0. The summed E-state index contributed by atoms with van der Waals surface area (Å²) in [7, 11) is 4.65. The zero-order chi connectivity index (χ0) is 18.0. The summed E-state index contributed by atoms with van der Waals surface area (Å²) in [5.74, 6) is 0.228. The van der Waals surface area contributed by atoms with Crippen LogP contribution in [0.1, 0.15) is 15.9 Å². The molecule has 0 saturated carbocycles. The van der Waals surface area contributed by atoms with Crippen LogP contribution in [0.2, 0.25) is 0 Å². The molecular weight excluding hydrogens is 338 g/mol. The molecule has 2 aromatic rings. The van der Waals surface area contributed by atoms with Gasteiger partial charge < -0.3 is 14.4 Å². The lowest BCUT2D eigenvalue weighted by molar-refractivity contribution is -0.114. The van der Waals surface area contributed by atoms with Crippen molar-refractivity contribution < 1.29 is 19.1 Å². The summed E-state index contributed by atoms with van der Waals surface area (Å²) in [6.07, 6.45) is 1.85. The predicted molar refractivity (Wildman–Crippen MR) is 98.0 cm³/mol. The third-order valence-corrected chi connectivity index (χ3v) is 4.97. The molecule has 5 nitrogen and oxygen atoms in total. The van der Waals surface area contributed by atoms with E-state index in [2.05, 4.69) is 0 Å². The first kappa shape index (κ1) is 17.1. The maximum absolute atomic E-state index is 12.7. The van der Waals surface area contributed by atoms with Crippen molar-refractivity contribution in [1.82, 2.24) is 0 Å². The third kappa shape index (κ3) is 3.39. The first-order valence-electron chi connectivity index (χ1n) is 7.57. The fraction of sp³-hybridized carbons (Fsp3) is 0.158. The fourth-order valence-electron chi connectivity index (χ4n) is 2.49. The van der Waals surface area contributed by atoms with Crippen LogP contribution in [-0.4, -0.2) is 33.1 Å². The van der Waals surface area contributed by atoms with Gasteiger partial charge >= 0.3 is 5.97 Å². The number of likely N-dealkylation sites (N-methyl/N-ethyl adjacent to an activating group) is 1. The Balaban J connectivity index is 1.94. The molecule has 0 N–H and O–H groups in total. The van der Waals surface area contributed by atoms with Crippen LogP contribution in [0.4, 0.5) is 5.69 Å². The number of benzene rings is 2. The standard InChI is InChI=1S/C19H17NO4S/c1-20-15-11-13(19(22)24-3)6-9-16(15)25-17(18(20)21)10-12-4-7-14(23-2)8-5-12/h4-11H,1-3H3. The van der Waals surface area contributed by atoms with E-state index >= 15 is 0 Å². The van der Waals surface area contributed by atoms with Gasteiger partial charge in [0.2, 0.25) is 0 Å². The lowest BCUT2D eigenvalue weighted by atomic mass is 10.1. The van der Waals surface area contributed by atoms with Gasteiger partial charge in [-0.25, -0.2) is 4.79 Å². The number of rotatable bonds is 3. The number of hydrogen-bond acceptors (Lipinski definition) is 5. The molecule has 0 radical (unpaired) electrons. The zero-order valence-electron chi connectivity index (χ0n) is 14.1. The fourth-order valence-corrected chi connectivity index (χ4v) is 3.58. The highest BCUT2D eigenvalue weighted by Gasteiger charge is 2.27. The first-order chi connectivity index (χ1) is 12.0. The Labute approximate surface area is 150 Å². The second kappa shape index (κ2) is 7.03. The van der Waals surface area contributed by atoms with Gasteiger partial charge in [0.15, 0.2) is 0 Å². The first-order valence-corrected chi connectivity index (χ1v) is 8.39. The second-order valence-electron chi connectivity index (χ2n) is 5.42. The summed E-state index contributed by atoms with van der Waals surface area (Å²) < 4.78 is 9.88.